The van der Waals surface area contributed by atoms with Gasteiger partial charge in [0.25, 0.3) is 0 Å². The molecule has 1 amide bonds. The summed E-state index contributed by atoms with van der Waals surface area (Å²) in [5.74, 6) is 1.59. The smallest absolute Gasteiger partial charge is 0.228 e. The third kappa shape index (κ3) is 3.20. The van der Waals surface area contributed by atoms with Crippen LogP contribution in [0, 0.1) is 12.8 Å². The van der Waals surface area contributed by atoms with E-state index < -0.39 is 0 Å². The number of carbonyl (C=O) groups is 1. The molecule has 0 radical (unpaired) electrons. The highest BCUT2D eigenvalue weighted by atomic mass is 16.5. The highest BCUT2D eigenvalue weighted by Crippen LogP contribution is 2.26. The molecule has 3 heterocycles. The second-order valence-corrected chi connectivity index (χ2v) is 6.76. The van der Waals surface area contributed by atoms with Crippen LogP contribution in [-0.4, -0.2) is 33.7 Å². The Morgan fingerprint density at radius 1 is 1.15 bits per heavy atom. The van der Waals surface area contributed by atoms with Gasteiger partial charge >= 0.3 is 0 Å². The number of aryl methyl sites for hydroxylation is 1. The Morgan fingerprint density at radius 2 is 1.96 bits per heavy atom. The standard InChI is InChI=1S/C20H22N4O2/c1-13-21-12-18(24(13)2)15-3-4-16-11-22-19(10-17(16)9-15)23-20(25)14-5-7-26-8-6-14/h3-4,9-12,14H,5-8H2,1-2H3,(H,22,23,25). The number of ether oxygens (including phenoxy) is 1. The zero-order valence-electron chi connectivity index (χ0n) is 15.0. The lowest BCUT2D eigenvalue weighted by molar-refractivity contribution is -0.122. The van der Waals surface area contributed by atoms with E-state index in [0.29, 0.717) is 19.0 Å². The molecule has 1 N–H and O–H groups in total. The van der Waals surface area contributed by atoms with Crippen LogP contribution in [0.3, 0.4) is 0 Å². The minimum absolute atomic E-state index is 0.00463. The number of imidazole rings is 1. The van der Waals surface area contributed by atoms with Crippen molar-refractivity contribution in [3.63, 3.8) is 0 Å². The quantitative estimate of drug-likeness (QED) is 0.787. The number of nitrogens with zero attached hydrogens (tertiary/aromatic N) is 3. The van der Waals surface area contributed by atoms with Crippen molar-refractivity contribution in [2.24, 2.45) is 13.0 Å². The van der Waals surface area contributed by atoms with Gasteiger partial charge in [0.2, 0.25) is 5.91 Å². The Kier molecular flexibility index (Phi) is 4.42. The van der Waals surface area contributed by atoms with E-state index in [1.165, 1.54) is 0 Å². The molecule has 0 aliphatic carbocycles. The molecule has 3 aromatic rings. The first-order chi connectivity index (χ1) is 12.6. The molecular formula is C20H22N4O2. The molecule has 1 saturated heterocycles. The van der Waals surface area contributed by atoms with Crippen molar-refractivity contribution in [2.75, 3.05) is 18.5 Å². The maximum Gasteiger partial charge on any atom is 0.228 e. The largest absolute Gasteiger partial charge is 0.381 e. The van der Waals surface area contributed by atoms with E-state index in [4.69, 9.17) is 4.74 Å². The molecular weight excluding hydrogens is 328 g/mol. The highest BCUT2D eigenvalue weighted by molar-refractivity contribution is 5.95. The summed E-state index contributed by atoms with van der Waals surface area (Å²) in [4.78, 5) is 21.2. The van der Waals surface area contributed by atoms with Gasteiger partial charge in [0, 0.05) is 43.3 Å². The molecule has 26 heavy (non-hydrogen) atoms. The van der Waals surface area contributed by atoms with E-state index in [9.17, 15) is 4.79 Å². The summed E-state index contributed by atoms with van der Waals surface area (Å²) in [7, 11) is 2.01. The van der Waals surface area contributed by atoms with Crippen molar-refractivity contribution in [3.8, 4) is 11.3 Å². The lowest BCUT2D eigenvalue weighted by Crippen LogP contribution is -2.28. The predicted molar refractivity (Wildman–Crippen MR) is 101 cm³/mol. The van der Waals surface area contributed by atoms with Gasteiger partial charge in [-0.15, -0.1) is 0 Å². The van der Waals surface area contributed by atoms with Crippen molar-refractivity contribution < 1.29 is 9.53 Å². The number of fused-ring (bicyclic) bond motifs is 1. The van der Waals surface area contributed by atoms with Crippen LogP contribution in [0.2, 0.25) is 0 Å². The normalized spacial score (nSPS) is 15.3. The molecule has 0 spiro atoms. The van der Waals surface area contributed by atoms with E-state index >= 15 is 0 Å². The average molecular weight is 350 g/mol. The van der Waals surface area contributed by atoms with Gasteiger partial charge in [-0.2, -0.15) is 0 Å². The number of hydrogen-bond donors (Lipinski definition) is 1. The highest BCUT2D eigenvalue weighted by Gasteiger charge is 2.21. The molecule has 1 aliphatic heterocycles. The van der Waals surface area contributed by atoms with Crippen molar-refractivity contribution in [3.05, 3.63) is 42.5 Å². The van der Waals surface area contributed by atoms with Crippen molar-refractivity contribution in [1.29, 1.82) is 0 Å². The molecule has 6 nitrogen and oxygen atoms in total. The number of carbonyl (C=O) groups excluding carboxylic acids is 1. The lowest BCUT2D eigenvalue weighted by atomic mass is 9.99. The van der Waals surface area contributed by atoms with Gasteiger partial charge in [-0.3, -0.25) is 4.79 Å². The third-order valence-electron chi connectivity index (χ3n) is 5.08. The number of hydrogen-bond acceptors (Lipinski definition) is 4. The predicted octanol–water partition coefficient (Wildman–Crippen LogP) is 3.31. The molecule has 0 atom stereocenters. The summed E-state index contributed by atoms with van der Waals surface area (Å²) in [5, 5.41) is 5.03. The van der Waals surface area contributed by atoms with Crippen LogP contribution in [0.5, 0.6) is 0 Å². The molecule has 4 rings (SSSR count). The van der Waals surface area contributed by atoms with Gasteiger partial charge in [0.1, 0.15) is 11.6 Å². The Labute approximate surface area is 152 Å². The maximum absolute atomic E-state index is 12.4. The number of rotatable bonds is 3. The summed E-state index contributed by atoms with van der Waals surface area (Å²) in [6.45, 7) is 3.28. The fourth-order valence-electron chi connectivity index (χ4n) is 3.33. The SMILES string of the molecule is Cc1ncc(-c2ccc3cnc(NC(=O)C4CCOCC4)cc3c2)n1C. The Hall–Kier alpha value is -2.73. The molecule has 2 aromatic heterocycles. The molecule has 1 fully saturated rings. The van der Waals surface area contributed by atoms with E-state index in [1.807, 2.05) is 32.3 Å². The van der Waals surface area contributed by atoms with Crippen LogP contribution in [0.15, 0.2) is 36.7 Å². The molecule has 0 unspecified atom stereocenters. The summed E-state index contributed by atoms with van der Waals surface area (Å²) in [6, 6.07) is 8.15. The fourth-order valence-corrected chi connectivity index (χ4v) is 3.33. The lowest BCUT2D eigenvalue weighted by Gasteiger charge is -2.21. The Balaban J connectivity index is 1.61. The molecule has 6 heteroatoms. The van der Waals surface area contributed by atoms with Crippen molar-refractivity contribution in [2.45, 2.75) is 19.8 Å². The van der Waals surface area contributed by atoms with E-state index in [-0.39, 0.29) is 11.8 Å². The number of nitrogens with one attached hydrogen (secondary N) is 1. The van der Waals surface area contributed by atoms with Crippen LogP contribution in [0.4, 0.5) is 5.82 Å². The second-order valence-electron chi connectivity index (χ2n) is 6.76. The first kappa shape index (κ1) is 16.7. The first-order valence-electron chi connectivity index (χ1n) is 8.89. The Morgan fingerprint density at radius 3 is 2.69 bits per heavy atom. The van der Waals surface area contributed by atoms with Gasteiger partial charge in [0.05, 0.1) is 11.9 Å². The zero-order chi connectivity index (χ0) is 18.1. The number of benzene rings is 1. The van der Waals surface area contributed by atoms with Gasteiger partial charge < -0.3 is 14.6 Å². The van der Waals surface area contributed by atoms with Crippen LogP contribution in [-0.2, 0) is 16.6 Å². The second kappa shape index (κ2) is 6.88. The van der Waals surface area contributed by atoms with Gasteiger partial charge in [0.15, 0.2) is 0 Å². The fraction of sp³-hybridized carbons (Fsp3) is 0.350. The number of anilines is 1. The molecule has 0 bridgehead atoms. The third-order valence-corrected chi connectivity index (χ3v) is 5.08. The van der Waals surface area contributed by atoms with E-state index in [1.54, 1.807) is 6.20 Å². The van der Waals surface area contributed by atoms with Crippen LogP contribution < -0.4 is 5.32 Å². The molecule has 1 aliphatic rings. The summed E-state index contributed by atoms with van der Waals surface area (Å²) >= 11 is 0. The van der Waals surface area contributed by atoms with Crippen LogP contribution in [0.1, 0.15) is 18.7 Å². The zero-order valence-corrected chi connectivity index (χ0v) is 15.0. The average Bonchev–Trinajstić information content (AvgIpc) is 3.00. The monoisotopic (exact) mass is 350 g/mol. The topological polar surface area (TPSA) is 69.0 Å². The molecule has 134 valence electrons. The number of aromatic nitrogens is 3. The van der Waals surface area contributed by atoms with E-state index in [0.717, 1.165) is 40.7 Å². The van der Waals surface area contributed by atoms with Crippen molar-refractivity contribution >= 4 is 22.5 Å². The molecule has 0 saturated carbocycles. The first-order valence-corrected chi connectivity index (χ1v) is 8.89. The minimum Gasteiger partial charge on any atom is -0.381 e. The molecule has 1 aromatic carbocycles. The summed E-state index contributed by atoms with van der Waals surface area (Å²) in [6.07, 6.45) is 5.21. The summed E-state index contributed by atoms with van der Waals surface area (Å²) in [5.41, 5.74) is 2.16. The minimum atomic E-state index is 0.00463. The van der Waals surface area contributed by atoms with Gasteiger partial charge in [-0.05, 0) is 37.3 Å². The van der Waals surface area contributed by atoms with Crippen LogP contribution >= 0.6 is 0 Å². The number of amides is 1. The van der Waals surface area contributed by atoms with E-state index in [2.05, 4.69) is 32.0 Å². The van der Waals surface area contributed by atoms with Crippen molar-refractivity contribution in [1.82, 2.24) is 14.5 Å². The maximum atomic E-state index is 12.4. The summed E-state index contributed by atoms with van der Waals surface area (Å²) < 4.78 is 7.39. The number of pyridine rings is 1. The van der Waals surface area contributed by atoms with Gasteiger partial charge in [-0.25, -0.2) is 9.97 Å². The van der Waals surface area contributed by atoms with Gasteiger partial charge in [-0.1, -0.05) is 12.1 Å². The van der Waals surface area contributed by atoms with Crippen LogP contribution in [0.25, 0.3) is 22.0 Å². The Bertz CT molecular complexity index is 958.